The summed E-state index contributed by atoms with van der Waals surface area (Å²) in [6.45, 7) is 1.76. The van der Waals surface area contributed by atoms with Gasteiger partial charge in [0.1, 0.15) is 0 Å². The van der Waals surface area contributed by atoms with Crippen molar-refractivity contribution >= 4 is 12.1 Å². The van der Waals surface area contributed by atoms with Crippen LogP contribution in [0.3, 0.4) is 0 Å². The first-order valence-corrected chi connectivity index (χ1v) is 3.27. The van der Waals surface area contributed by atoms with Crippen molar-refractivity contribution in [3.05, 3.63) is 23.8 Å². The standard InChI is InChI=1S/C8H12N2O/c1-3-7(8(9)11)5-4-6-10-2/h3-6H,1-2H3,(H2,9,11)/b5-4-,7-3+,10-6+. The summed E-state index contributed by atoms with van der Waals surface area (Å²) in [4.78, 5) is 14.3. The molecule has 0 bridgehead atoms. The van der Waals surface area contributed by atoms with E-state index in [1.165, 1.54) is 0 Å². The number of nitrogens with zero attached hydrogens (tertiary/aromatic N) is 1. The second-order valence-corrected chi connectivity index (χ2v) is 1.87. The van der Waals surface area contributed by atoms with E-state index in [9.17, 15) is 4.79 Å². The van der Waals surface area contributed by atoms with Crippen LogP contribution in [0.4, 0.5) is 0 Å². The smallest absolute Gasteiger partial charge is 0.248 e. The van der Waals surface area contributed by atoms with Crippen LogP contribution in [0.15, 0.2) is 28.8 Å². The zero-order chi connectivity index (χ0) is 8.69. The third-order valence-corrected chi connectivity index (χ3v) is 1.11. The Morgan fingerprint density at radius 3 is 2.55 bits per heavy atom. The van der Waals surface area contributed by atoms with E-state index in [0.29, 0.717) is 5.57 Å². The molecule has 1 amide bonds. The SMILES string of the molecule is C\C=C(/C=C\C=N\C)C(N)=O. The fourth-order valence-corrected chi connectivity index (χ4v) is 0.553. The Labute approximate surface area is 66.3 Å². The highest BCUT2D eigenvalue weighted by atomic mass is 16.1. The van der Waals surface area contributed by atoms with Crippen molar-refractivity contribution in [1.29, 1.82) is 0 Å². The number of rotatable bonds is 3. The van der Waals surface area contributed by atoms with Gasteiger partial charge in [-0.2, -0.15) is 0 Å². The summed E-state index contributed by atoms with van der Waals surface area (Å²) in [6, 6.07) is 0. The Morgan fingerprint density at radius 1 is 1.55 bits per heavy atom. The quantitative estimate of drug-likeness (QED) is 0.361. The summed E-state index contributed by atoms with van der Waals surface area (Å²) in [6.07, 6.45) is 6.53. The Bertz CT molecular complexity index is 214. The molecule has 0 aromatic heterocycles. The molecule has 0 heterocycles. The monoisotopic (exact) mass is 152 g/mol. The molecule has 0 unspecified atom stereocenters. The van der Waals surface area contributed by atoms with E-state index >= 15 is 0 Å². The van der Waals surface area contributed by atoms with Crippen molar-refractivity contribution in [2.45, 2.75) is 6.92 Å². The highest BCUT2D eigenvalue weighted by Crippen LogP contribution is 1.93. The third kappa shape index (κ3) is 4.08. The van der Waals surface area contributed by atoms with Crippen molar-refractivity contribution < 1.29 is 4.79 Å². The number of carbonyl (C=O) groups is 1. The van der Waals surface area contributed by atoms with Gasteiger partial charge in [0, 0.05) is 18.8 Å². The number of allylic oxidation sites excluding steroid dienone is 2. The third-order valence-electron chi connectivity index (χ3n) is 1.11. The Kier molecular flexibility index (Phi) is 4.73. The topological polar surface area (TPSA) is 55.4 Å². The van der Waals surface area contributed by atoms with Crippen LogP contribution >= 0.6 is 0 Å². The molecule has 0 rings (SSSR count). The second-order valence-electron chi connectivity index (χ2n) is 1.87. The van der Waals surface area contributed by atoms with Gasteiger partial charge in [-0.15, -0.1) is 0 Å². The number of hydrogen-bond acceptors (Lipinski definition) is 2. The number of amides is 1. The van der Waals surface area contributed by atoms with E-state index in [2.05, 4.69) is 4.99 Å². The number of carbonyl (C=O) groups excluding carboxylic acids is 1. The van der Waals surface area contributed by atoms with Gasteiger partial charge in [-0.3, -0.25) is 9.79 Å². The molecule has 0 fully saturated rings. The normalized spacial score (nSPS) is 13.1. The molecular weight excluding hydrogens is 140 g/mol. The van der Waals surface area contributed by atoms with Crippen LogP contribution < -0.4 is 5.73 Å². The van der Waals surface area contributed by atoms with Crippen LogP contribution in [-0.2, 0) is 4.79 Å². The molecule has 0 aliphatic heterocycles. The number of nitrogens with two attached hydrogens (primary N) is 1. The van der Waals surface area contributed by atoms with E-state index in [4.69, 9.17) is 5.73 Å². The van der Waals surface area contributed by atoms with E-state index in [1.807, 2.05) is 0 Å². The fraction of sp³-hybridized carbons (Fsp3) is 0.250. The first kappa shape index (κ1) is 9.62. The molecule has 0 aromatic carbocycles. The zero-order valence-electron chi connectivity index (χ0n) is 6.74. The summed E-state index contributed by atoms with van der Waals surface area (Å²) >= 11 is 0. The molecular formula is C8H12N2O. The van der Waals surface area contributed by atoms with Gasteiger partial charge >= 0.3 is 0 Å². The maximum Gasteiger partial charge on any atom is 0.248 e. The molecule has 0 radical (unpaired) electrons. The van der Waals surface area contributed by atoms with Gasteiger partial charge in [0.2, 0.25) is 5.91 Å². The molecule has 11 heavy (non-hydrogen) atoms. The van der Waals surface area contributed by atoms with Crippen molar-refractivity contribution in [1.82, 2.24) is 0 Å². The Balaban J connectivity index is 4.22. The van der Waals surface area contributed by atoms with E-state index in [1.54, 1.807) is 38.4 Å². The number of hydrogen-bond donors (Lipinski definition) is 1. The molecule has 0 aliphatic rings. The van der Waals surface area contributed by atoms with Crippen LogP contribution in [0.5, 0.6) is 0 Å². The number of aliphatic imine (C=N–C) groups is 1. The minimum Gasteiger partial charge on any atom is -0.366 e. The Morgan fingerprint density at radius 2 is 2.18 bits per heavy atom. The van der Waals surface area contributed by atoms with Crippen LogP contribution in [0.1, 0.15) is 6.92 Å². The molecule has 60 valence electrons. The molecule has 0 aromatic rings. The first-order valence-electron chi connectivity index (χ1n) is 3.27. The average Bonchev–Trinajstić information content (AvgIpc) is 1.97. The molecule has 0 spiro atoms. The maximum atomic E-state index is 10.6. The van der Waals surface area contributed by atoms with Crippen LogP contribution in [0.25, 0.3) is 0 Å². The minimum atomic E-state index is -0.423. The van der Waals surface area contributed by atoms with Gasteiger partial charge in [0.15, 0.2) is 0 Å². The predicted molar refractivity (Wildman–Crippen MR) is 46.5 cm³/mol. The lowest BCUT2D eigenvalue weighted by Gasteiger charge is -1.90. The summed E-state index contributed by atoms with van der Waals surface area (Å²) in [5, 5.41) is 0. The lowest BCUT2D eigenvalue weighted by molar-refractivity contribution is -0.114. The van der Waals surface area contributed by atoms with Gasteiger partial charge in [0.25, 0.3) is 0 Å². The largest absolute Gasteiger partial charge is 0.366 e. The molecule has 0 saturated heterocycles. The number of primary amides is 1. The molecule has 3 heteroatoms. The van der Waals surface area contributed by atoms with Crippen molar-refractivity contribution in [3.8, 4) is 0 Å². The van der Waals surface area contributed by atoms with Gasteiger partial charge in [-0.05, 0) is 19.1 Å². The average molecular weight is 152 g/mol. The second kappa shape index (κ2) is 5.41. The van der Waals surface area contributed by atoms with Gasteiger partial charge in [-0.1, -0.05) is 6.08 Å². The van der Waals surface area contributed by atoms with Crippen molar-refractivity contribution in [3.63, 3.8) is 0 Å². The maximum absolute atomic E-state index is 10.6. The highest BCUT2D eigenvalue weighted by molar-refractivity contribution is 5.95. The Hall–Kier alpha value is -1.38. The minimum absolute atomic E-state index is 0.423. The molecule has 0 atom stereocenters. The molecule has 3 nitrogen and oxygen atoms in total. The van der Waals surface area contributed by atoms with Crippen LogP contribution in [0.2, 0.25) is 0 Å². The van der Waals surface area contributed by atoms with E-state index in [-0.39, 0.29) is 0 Å². The summed E-state index contributed by atoms with van der Waals surface area (Å²) in [5.41, 5.74) is 5.52. The van der Waals surface area contributed by atoms with Crippen LogP contribution in [0, 0.1) is 0 Å². The summed E-state index contributed by atoms with van der Waals surface area (Å²) in [5.74, 6) is -0.423. The van der Waals surface area contributed by atoms with Crippen molar-refractivity contribution in [2.24, 2.45) is 10.7 Å². The lowest BCUT2D eigenvalue weighted by atomic mass is 10.2. The molecule has 2 N–H and O–H groups in total. The highest BCUT2D eigenvalue weighted by Gasteiger charge is 1.95. The lowest BCUT2D eigenvalue weighted by Crippen LogP contribution is -2.12. The van der Waals surface area contributed by atoms with Gasteiger partial charge in [0.05, 0.1) is 0 Å². The van der Waals surface area contributed by atoms with E-state index < -0.39 is 5.91 Å². The summed E-state index contributed by atoms with van der Waals surface area (Å²) in [7, 11) is 1.66. The summed E-state index contributed by atoms with van der Waals surface area (Å²) < 4.78 is 0. The zero-order valence-corrected chi connectivity index (χ0v) is 6.74. The van der Waals surface area contributed by atoms with Crippen molar-refractivity contribution in [2.75, 3.05) is 7.05 Å². The molecule has 0 aliphatic carbocycles. The van der Waals surface area contributed by atoms with Gasteiger partial charge < -0.3 is 5.73 Å². The van der Waals surface area contributed by atoms with Crippen LogP contribution in [-0.4, -0.2) is 19.2 Å². The van der Waals surface area contributed by atoms with Gasteiger partial charge in [-0.25, -0.2) is 0 Å². The first-order chi connectivity index (χ1) is 5.22. The van der Waals surface area contributed by atoms with E-state index in [0.717, 1.165) is 0 Å². The predicted octanol–water partition coefficient (Wildman–Crippen LogP) is 0.675. The molecule has 0 saturated carbocycles. The fourth-order valence-electron chi connectivity index (χ4n) is 0.553.